The maximum absolute atomic E-state index is 12.3. The van der Waals surface area contributed by atoms with Gasteiger partial charge in [0.1, 0.15) is 5.75 Å². The fourth-order valence-electron chi connectivity index (χ4n) is 2.28. The highest BCUT2D eigenvalue weighted by molar-refractivity contribution is 7.99. The molecule has 5 heteroatoms. The van der Waals surface area contributed by atoms with Crippen LogP contribution in [0.25, 0.3) is 0 Å². The van der Waals surface area contributed by atoms with E-state index in [2.05, 4.69) is 12.2 Å². The van der Waals surface area contributed by atoms with Gasteiger partial charge in [0.15, 0.2) is 0 Å². The van der Waals surface area contributed by atoms with Crippen molar-refractivity contribution >= 4 is 23.4 Å². The largest absolute Gasteiger partial charge is 0.496 e. The van der Waals surface area contributed by atoms with Gasteiger partial charge in [0.05, 0.1) is 7.11 Å². The van der Waals surface area contributed by atoms with E-state index in [9.17, 15) is 4.79 Å². The Bertz CT molecular complexity index is 704. The Morgan fingerprint density at radius 2 is 2.04 bits per heavy atom. The van der Waals surface area contributed by atoms with Gasteiger partial charge in [-0.1, -0.05) is 25.1 Å². The van der Waals surface area contributed by atoms with E-state index in [1.807, 2.05) is 37.3 Å². The fourth-order valence-corrected chi connectivity index (χ4v) is 3.33. The number of nitrogens with two attached hydrogens (primary N) is 1. The average molecular weight is 344 g/mol. The van der Waals surface area contributed by atoms with Gasteiger partial charge in [0.2, 0.25) is 0 Å². The highest BCUT2D eigenvalue weighted by atomic mass is 32.2. The topological polar surface area (TPSA) is 64.3 Å². The standard InChI is InChI=1S/C19H24N2O2S/c1-13(12-24-18-7-5-4-6-17(18)23-3)11-21-19(22)16-10-15(20)9-8-14(16)2/h4-10,13H,11-12,20H2,1-3H3,(H,21,22). The van der Waals surface area contributed by atoms with E-state index in [1.165, 1.54) is 0 Å². The number of anilines is 1. The number of carbonyl (C=O) groups is 1. The number of ether oxygens (including phenoxy) is 1. The number of thioether (sulfide) groups is 1. The van der Waals surface area contributed by atoms with E-state index < -0.39 is 0 Å². The third-order valence-electron chi connectivity index (χ3n) is 3.71. The van der Waals surface area contributed by atoms with Gasteiger partial charge in [-0.25, -0.2) is 0 Å². The molecule has 24 heavy (non-hydrogen) atoms. The van der Waals surface area contributed by atoms with E-state index in [4.69, 9.17) is 10.5 Å². The number of hydrogen-bond acceptors (Lipinski definition) is 4. The molecule has 1 amide bonds. The van der Waals surface area contributed by atoms with Crippen molar-refractivity contribution in [2.45, 2.75) is 18.7 Å². The first-order chi connectivity index (χ1) is 11.5. The Kier molecular flexibility index (Phi) is 6.55. The first-order valence-electron chi connectivity index (χ1n) is 7.91. The zero-order valence-corrected chi connectivity index (χ0v) is 15.2. The summed E-state index contributed by atoms with van der Waals surface area (Å²) in [5.41, 5.74) is 7.93. The SMILES string of the molecule is COc1ccccc1SCC(C)CNC(=O)c1cc(N)ccc1C. The number of nitrogen functional groups attached to an aromatic ring is 1. The van der Waals surface area contributed by atoms with Crippen LogP contribution >= 0.6 is 11.8 Å². The van der Waals surface area contributed by atoms with E-state index in [0.717, 1.165) is 22.0 Å². The van der Waals surface area contributed by atoms with Gasteiger partial charge >= 0.3 is 0 Å². The Morgan fingerprint density at radius 3 is 2.79 bits per heavy atom. The van der Waals surface area contributed by atoms with Gasteiger partial charge in [0, 0.05) is 28.4 Å². The summed E-state index contributed by atoms with van der Waals surface area (Å²) in [6.07, 6.45) is 0. The van der Waals surface area contributed by atoms with Crippen LogP contribution in [0, 0.1) is 12.8 Å². The molecule has 0 spiro atoms. The van der Waals surface area contributed by atoms with Gasteiger partial charge in [-0.3, -0.25) is 4.79 Å². The maximum Gasteiger partial charge on any atom is 0.251 e. The Labute approximate surface area is 147 Å². The summed E-state index contributed by atoms with van der Waals surface area (Å²) in [6, 6.07) is 13.4. The second kappa shape index (κ2) is 8.64. The van der Waals surface area contributed by atoms with Crippen LogP contribution in [0.15, 0.2) is 47.4 Å². The van der Waals surface area contributed by atoms with E-state index >= 15 is 0 Å². The number of amides is 1. The first-order valence-corrected chi connectivity index (χ1v) is 8.90. The molecule has 1 atom stereocenters. The van der Waals surface area contributed by atoms with Crippen LogP contribution in [-0.2, 0) is 0 Å². The monoisotopic (exact) mass is 344 g/mol. The van der Waals surface area contributed by atoms with Crippen LogP contribution in [-0.4, -0.2) is 25.3 Å². The number of rotatable bonds is 7. The van der Waals surface area contributed by atoms with Crippen LogP contribution in [0.3, 0.4) is 0 Å². The predicted octanol–water partition coefficient (Wildman–Crippen LogP) is 3.74. The summed E-state index contributed by atoms with van der Waals surface area (Å²) in [5.74, 6) is 2.05. The maximum atomic E-state index is 12.3. The highest BCUT2D eigenvalue weighted by Gasteiger charge is 2.12. The molecule has 1 unspecified atom stereocenters. The summed E-state index contributed by atoms with van der Waals surface area (Å²) in [6.45, 7) is 4.65. The van der Waals surface area contributed by atoms with Crippen molar-refractivity contribution in [3.05, 3.63) is 53.6 Å². The second-order valence-electron chi connectivity index (χ2n) is 5.85. The molecule has 2 aromatic rings. The normalized spacial score (nSPS) is 11.8. The van der Waals surface area contributed by atoms with Gasteiger partial charge in [-0.05, 0) is 42.7 Å². The zero-order valence-electron chi connectivity index (χ0n) is 14.3. The molecule has 0 saturated carbocycles. The quantitative estimate of drug-likeness (QED) is 0.593. The van der Waals surface area contributed by atoms with Crippen molar-refractivity contribution in [1.29, 1.82) is 0 Å². The first kappa shape index (κ1) is 18.2. The van der Waals surface area contributed by atoms with E-state index in [0.29, 0.717) is 23.7 Å². The van der Waals surface area contributed by atoms with Crippen molar-refractivity contribution in [2.75, 3.05) is 25.1 Å². The number of benzene rings is 2. The molecular weight excluding hydrogens is 320 g/mol. The molecule has 0 aromatic heterocycles. The molecule has 0 radical (unpaired) electrons. The molecule has 4 nitrogen and oxygen atoms in total. The molecule has 0 bridgehead atoms. The lowest BCUT2D eigenvalue weighted by Crippen LogP contribution is -2.29. The van der Waals surface area contributed by atoms with Crippen molar-refractivity contribution in [3.8, 4) is 5.75 Å². The molecule has 0 aliphatic carbocycles. The summed E-state index contributed by atoms with van der Waals surface area (Å²) in [4.78, 5) is 13.4. The number of hydrogen-bond donors (Lipinski definition) is 2. The summed E-state index contributed by atoms with van der Waals surface area (Å²) < 4.78 is 5.36. The molecule has 128 valence electrons. The van der Waals surface area contributed by atoms with Crippen LogP contribution in [0.1, 0.15) is 22.8 Å². The molecule has 0 aliphatic rings. The molecule has 3 N–H and O–H groups in total. The zero-order chi connectivity index (χ0) is 17.5. The van der Waals surface area contributed by atoms with Crippen LogP contribution in [0.2, 0.25) is 0 Å². The van der Waals surface area contributed by atoms with Crippen molar-refractivity contribution in [2.24, 2.45) is 5.92 Å². The number of carbonyl (C=O) groups excluding carboxylic acids is 1. The minimum absolute atomic E-state index is 0.0751. The lowest BCUT2D eigenvalue weighted by Gasteiger charge is -2.14. The fraction of sp³-hybridized carbons (Fsp3) is 0.316. The van der Waals surface area contributed by atoms with E-state index in [1.54, 1.807) is 31.0 Å². The lowest BCUT2D eigenvalue weighted by atomic mass is 10.1. The third kappa shape index (κ3) is 4.93. The van der Waals surface area contributed by atoms with Crippen LogP contribution in [0.5, 0.6) is 5.75 Å². The minimum atomic E-state index is -0.0751. The van der Waals surface area contributed by atoms with Crippen molar-refractivity contribution in [1.82, 2.24) is 5.32 Å². The van der Waals surface area contributed by atoms with Gasteiger partial charge < -0.3 is 15.8 Å². The lowest BCUT2D eigenvalue weighted by molar-refractivity contribution is 0.0948. The number of nitrogens with one attached hydrogen (secondary N) is 1. The average Bonchev–Trinajstić information content (AvgIpc) is 2.60. The summed E-state index contributed by atoms with van der Waals surface area (Å²) >= 11 is 1.74. The van der Waals surface area contributed by atoms with Crippen LogP contribution in [0.4, 0.5) is 5.69 Å². The van der Waals surface area contributed by atoms with E-state index in [-0.39, 0.29) is 5.91 Å². The predicted molar refractivity (Wildman–Crippen MR) is 101 cm³/mol. The smallest absolute Gasteiger partial charge is 0.251 e. The van der Waals surface area contributed by atoms with Gasteiger partial charge in [-0.15, -0.1) is 11.8 Å². The molecular formula is C19H24N2O2S. The van der Waals surface area contributed by atoms with Crippen molar-refractivity contribution in [3.63, 3.8) is 0 Å². The highest BCUT2D eigenvalue weighted by Crippen LogP contribution is 2.29. The minimum Gasteiger partial charge on any atom is -0.496 e. The number of para-hydroxylation sites is 1. The Hall–Kier alpha value is -2.14. The molecule has 0 aliphatic heterocycles. The second-order valence-corrected chi connectivity index (χ2v) is 6.91. The molecule has 0 fully saturated rings. The summed E-state index contributed by atoms with van der Waals surface area (Å²) in [5, 5.41) is 2.99. The molecule has 2 aromatic carbocycles. The van der Waals surface area contributed by atoms with Gasteiger partial charge in [-0.2, -0.15) is 0 Å². The Morgan fingerprint density at radius 1 is 1.29 bits per heavy atom. The molecule has 0 heterocycles. The summed E-state index contributed by atoms with van der Waals surface area (Å²) in [7, 11) is 1.68. The number of methoxy groups -OCH3 is 1. The molecule has 0 saturated heterocycles. The van der Waals surface area contributed by atoms with Gasteiger partial charge in [0.25, 0.3) is 5.91 Å². The molecule has 2 rings (SSSR count). The number of aryl methyl sites for hydroxylation is 1. The third-order valence-corrected chi connectivity index (χ3v) is 5.09. The Balaban J connectivity index is 1.85. The van der Waals surface area contributed by atoms with Crippen molar-refractivity contribution < 1.29 is 9.53 Å². The van der Waals surface area contributed by atoms with Crippen LogP contribution < -0.4 is 15.8 Å².